The Kier molecular flexibility index (Phi) is 5.04. The number of carbonyl (C=O) groups is 1. The molecule has 0 saturated carbocycles. The summed E-state index contributed by atoms with van der Waals surface area (Å²) in [6.07, 6.45) is 4.19. The highest BCUT2D eigenvalue weighted by molar-refractivity contribution is 5.87. The summed E-state index contributed by atoms with van der Waals surface area (Å²) in [6, 6.07) is 11.0. The average Bonchev–Trinajstić information content (AvgIpc) is 3.21. The first kappa shape index (κ1) is 19.2. The Morgan fingerprint density at radius 3 is 2.54 bits per heavy atom. The minimum atomic E-state index is -0.295. The van der Waals surface area contributed by atoms with Gasteiger partial charge in [0.2, 0.25) is 5.91 Å². The number of rotatable bonds is 4. The van der Waals surface area contributed by atoms with Gasteiger partial charge in [0.05, 0.1) is 11.4 Å². The number of carbonyl (C=O) groups excluding carboxylic acids is 1. The number of piperidine rings is 1. The second-order valence-electron chi connectivity index (χ2n) is 8.76. The van der Waals surface area contributed by atoms with Crippen LogP contribution in [0, 0.1) is 13.8 Å². The smallest absolute Gasteiger partial charge is 0.243 e. The molecular formula is C23H32N4O. The van der Waals surface area contributed by atoms with Crippen LogP contribution in [0.2, 0.25) is 0 Å². The summed E-state index contributed by atoms with van der Waals surface area (Å²) in [5, 5.41) is 4.62. The molecule has 1 aromatic carbocycles. The van der Waals surface area contributed by atoms with Crippen LogP contribution in [-0.4, -0.2) is 50.2 Å². The molecule has 2 aliphatic rings. The first-order valence-corrected chi connectivity index (χ1v) is 10.6. The van der Waals surface area contributed by atoms with E-state index >= 15 is 0 Å². The van der Waals surface area contributed by atoms with Gasteiger partial charge in [-0.05, 0) is 83.7 Å². The number of aryl methyl sites for hydroxylation is 2. The van der Waals surface area contributed by atoms with E-state index in [9.17, 15) is 4.79 Å². The fraction of sp³-hybridized carbons (Fsp3) is 0.565. The minimum Gasteiger partial charge on any atom is -0.339 e. The molecule has 1 unspecified atom stereocenters. The minimum absolute atomic E-state index is 0.279. The Morgan fingerprint density at radius 2 is 1.86 bits per heavy atom. The molecule has 1 atom stereocenters. The molecule has 4 rings (SSSR count). The quantitative estimate of drug-likeness (QED) is 0.809. The van der Waals surface area contributed by atoms with Gasteiger partial charge in [-0.2, -0.15) is 5.10 Å². The van der Waals surface area contributed by atoms with Gasteiger partial charge in [0.1, 0.15) is 5.54 Å². The van der Waals surface area contributed by atoms with Crippen molar-refractivity contribution < 1.29 is 4.79 Å². The van der Waals surface area contributed by atoms with E-state index in [1.54, 1.807) is 0 Å². The topological polar surface area (TPSA) is 41.4 Å². The number of nitrogens with zero attached hydrogens (tertiary/aromatic N) is 4. The lowest BCUT2D eigenvalue weighted by Crippen LogP contribution is -2.61. The summed E-state index contributed by atoms with van der Waals surface area (Å²) in [7, 11) is 0. The van der Waals surface area contributed by atoms with E-state index in [0.29, 0.717) is 5.91 Å². The van der Waals surface area contributed by atoms with Crippen LogP contribution >= 0.6 is 0 Å². The molecule has 0 radical (unpaired) electrons. The summed E-state index contributed by atoms with van der Waals surface area (Å²) in [5.74, 6) is 0.348. The van der Waals surface area contributed by atoms with Gasteiger partial charge in [-0.3, -0.25) is 9.69 Å². The Bertz CT molecular complexity index is 871. The van der Waals surface area contributed by atoms with Gasteiger partial charge in [-0.1, -0.05) is 12.1 Å². The number of aromatic nitrogens is 2. The maximum atomic E-state index is 13.4. The molecule has 2 fully saturated rings. The molecule has 2 aliphatic heterocycles. The number of likely N-dealkylation sites (tertiary alicyclic amines) is 2. The highest BCUT2D eigenvalue weighted by atomic mass is 16.2. The van der Waals surface area contributed by atoms with Gasteiger partial charge < -0.3 is 4.90 Å². The van der Waals surface area contributed by atoms with E-state index < -0.39 is 0 Å². The lowest BCUT2D eigenvalue weighted by atomic mass is 9.84. The maximum Gasteiger partial charge on any atom is 0.243 e. The van der Waals surface area contributed by atoms with Crippen molar-refractivity contribution in [2.45, 2.75) is 71.5 Å². The Hall–Kier alpha value is -2.14. The third-order valence-corrected chi connectivity index (χ3v) is 6.43. The first-order valence-electron chi connectivity index (χ1n) is 10.6. The molecule has 0 aliphatic carbocycles. The van der Waals surface area contributed by atoms with Crippen molar-refractivity contribution in [1.29, 1.82) is 0 Å². The summed E-state index contributed by atoms with van der Waals surface area (Å²) in [5.41, 5.74) is 4.22. The largest absolute Gasteiger partial charge is 0.339 e. The lowest BCUT2D eigenvalue weighted by Gasteiger charge is -2.46. The number of hydrogen-bond donors (Lipinski definition) is 0. The molecule has 5 heteroatoms. The van der Waals surface area contributed by atoms with Crippen molar-refractivity contribution in [3.05, 3.63) is 47.3 Å². The van der Waals surface area contributed by atoms with Gasteiger partial charge in [0, 0.05) is 24.8 Å². The zero-order chi connectivity index (χ0) is 19.9. The zero-order valence-electron chi connectivity index (χ0n) is 17.6. The molecule has 5 nitrogen and oxygen atoms in total. The molecular weight excluding hydrogens is 348 g/mol. The lowest BCUT2D eigenvalue weighted by molar-refractivity contribution is -0.149. The molecule has 28 heavy (non-hydrogen) atoms. The van der Waals surface area contributed by atoms with Crippen LogP contribution in [0.5, 0.6) is 0 Å². The van der Waals surface area contributed by atoms with Crippen molar-refractivity contribution >= 4 is 5.91 Å². The predicted molar refractivity (Wildman–Crippen MR) is 111 cm³/mol. The van der Waals surface area contributed by atoms with E-state index in [4.69, 9.17) is 0 Å². The molecule has 1 amide bonds. The molecule has 2 aromatic rings. The second-order valence-corrected chi connectivity index (χ2v) is 8.76. The second kappa shape index (κ2) is 7.36. The monoisotopic (exact) mass is 380 g/mol. The van der Waals surface area contributed by atoms with Crippen molar-refractivity contribution in [3.63, 3.8) is 0 Å². The summed E-state index contributed by atoms with van der Waals surface area (Å²) >= 11 is 0. The van der Waals surface area contributed by atoms with E-state index in [2.05, 4.69) is 66.0 Å². The van der Waals surface area contributed by atoms with Gasteiger partial charge in [-0.15, -0.1) is 0 Å². The SMILES string of the molecule is Cc1cc(C)n(-c2cccc(CN3CCCC34CCCN(C(C)C)C4=O)c2)n1. The van der Waals surface area contributed by atoms with Gasteiger partial charge >= 0.3 is 0 Å². The molecule has 1 aromatic heterocycles. The van der Waals surface area contributed by atoms with Crippen LogP contribution in [0.1, 0.15) is 56.5 Å². The van der Waals surface area contributed by atoms with Crippen LogP contribution in [0.25, 0.3) is 5.69 Å². The Morgan fingerprint density at radius 1 is 1.11 bits per heavy atom. The van der Waals surface area contributed by atoms with E-state index in [-0.39, 0.29) is 11.6 Å². The van der Waals surface area contributed by atoms with Crippen LogP contribution < -0.4 is 0 Å². The van der Waals surface area contributed by atoms with Gasteiger partial charge in [-0.25, -0.2) is 4.68 Å². The van der Waals surface area contributed by atoms with Crippen molar-refractivity contribution in [2.75, 3.05) is 13.1 Å². The summed E-state index contributed by atoms with van der Waals surface area (Å²) < 4.78 is 2.00. The molecule has 0 N–H and O–H groups in total. The van der Waals surface area contributed by atoms with Gasteiger partial charge in [0.25, 0.3) is 0 Å². The fourth-order valence-electron chi connectivity index (χ4n) is 5.10. The number of amides is 1. The highest BCUT2D eigenvalue weighted by Crippen LogP contribution is 2.39. The van der Waals surface area contributed by atoms with Crippen LogP contribution in [0.3, 0.4) is 0 Å². The third kappa shape index (κ3) is 3.26. The Labute approximate surface area is 168 Å². The van der Waals surface area contributed by atoms with Crippen molar-refractivity contribution in [3.8, 4) is 5.69 Å². The van der Waals surface area contributed by atoms with E-state index in [0.717, 1.165) is 62.4 Å². The van der Waals surface area contributed by atoms with Crippen molar-refractivity contribution in [2.24, 2.45) is 0 Å². The van der Waals surface area contributed by atoms with Crippen LogP contribution in [0.4, 0.5) is 0 Å². The average molecular weight is 381 g/mol. The standard InChI is InChI=1S/C23H32N4O/c1-17(2)26-13-7-11-23(22(26)28)10-6-12-25(23)16-20-8-5-9-21(15-20)27-19(4)14-18(3)24-27/h5,8-9,14-15,17H,6-7,10-13,16H2,1-4H3. The number of hydrogen-bond acceptors (Lipinski definition) is 3. The maximum absolute atomic E-state index is 13.4. The molecule has 2 saturated heterocycles. The molecule has 150 valence electrons. The first-order chi connectivity index (χ1) is 13.4. The van der Waals surface area contributed by atoms with Gasteiger partial charge in [0.15, 0.2) is 0 Å². The summed E-state index contributed by atoms with van der Waals surface area (Å²) in [4.78, 5) is 17.9. The van der Waals surface area contributed by atoms with Crippen molar-refractivity contribution in [1.82, 2.24) is 19.6 Å². The fourth-order valence-corrected chi connectivity index (χ4v) is 5.10. The molecule has 3 heterocycles. The molecule has 0 bridgehead atoms. The third-order valence-electron chi connectivity index (χ3n) is 6.43. The van der Waals surface area contributed by atoms with Crippen LogP contribution in [-0.2, 0) is 11.3 Å². The Balaban J connectivity index is 1.59. The predicted octanol–water partition coefficient (Wildman–Crippen LogP) is 3.85. The highest BCUT2D eigenvalue weighted by Gasteiger charge is 2.50. The van der Waals surface area contributed by atoms with E-state index in [1.807, 2.05) is 11.6 Å². The molecule has 1 spiro atoms. The normalized spacial score (nSPS) is 23.3. The summed E-state index contributed by atoms with van der Waals surface area (Å²) in [6.45, 7) is 11.1. The number of benzene rings is 1. The van der Waals surface area contributed by atoms with E-state index in [1.165, 1.54) is 5.56 Å². The van der Waals surface area contributed by atoms with Crippen LogP contribution in [0.15, 0.2) is 30.3 Å². The zero-order valence-corrected chi connectivity index (χ0v) is 17.6.